The third kappa shape index (κ3) is 5.54. The van der Waals surface area contributed by atoms with Crippen LogP contribution in [-0.4, -0.2) is 40.8 Å². The molecule has 1 aromatic rings. The number of rotatable bonds is 5. The molecule has 0 spiro atoms. The van der Waals surface area contributed by atoms with Crippen LogP contribution in [0.5, 0.6) is 0 Å². The highest BCUT2D eigenvalue weighted by Crippen LogP contribution is 2.26. The monoisotopic (exact) mass is 351 g/mol. The second-order valence-corrected chi connectivity index (χ2v) is 6.07. The number of aliphatic imine (C=N–C) groups is 2. The number of amides is 1. The van der Waals surface area contributed by atoms with Crippen molar-refractivity contribution in [1.82, 2.24) is 15.3 Å². The lowest BCUT2D eigenvalue weighted by Gasteiger charge is -2.19. The summed E-state index contributed by atoms with van der Waals surface area (Å²) in [7, 11) is 0. The Hall–Kier alpha value is -2.61. The van der Waals surface area contributed by atoms with E-state index in [0.29, 0.717) is 0 Å². The Morgan fingerprint density at radius 3 is 2.29 bits per heavy atom. The molecule has 128 valence electrons. The Morgan fingerprint density at radius 2 is 1.79 bits per heavy atom. The number of carbonyl (C=O) groups is 2. The van der Waals surface area contributed by atoms with E-state index in [9.17, 15) is 9.59 Å². The second-order valence-electron chi connectivity index (χ2n) is 5.71. The first-order valence-electron chi connectivity index (χ1n) is 6.81. The van der Waals surface area contributed by atoms with Crippen molar-refractivity contribution in [2.45, 2.75) is 33.2 Å². The van der Waals surface area contributed by atoms with E-state index in [1.165, 1.54) is 6.92 Å². The van der Waals surface area contributed by atoms with Crippen molar-refractivity contribution in [3.05, 3.63) is 22.7 Å². The predicted molar refractivity (Wildman–Crippen MR) is 92.5 cm³/mol. The summed E-state index contributed by atoms with van der Waals surface area (Å²) in [6, 6.07) is 0. The van der Waals surface area contributed by atoms with Crippen LogP contribution in [0.2, 0.25) is 5.15 Å². The van der Waals surface area contributed by atoms with Crippen LogP contribution in [0.3, 0.4) is 0 Å². The summed E-state index contributed by atoms with van der Waals surface area (Å²) in [6.07, 6.45) is 1.15. The first kappa shape index (κ1) is 19.4. The van der Waals surface area contributed by atoms with Crippen LogP contribution < -0.4 is 5.32 Å². The molecule has 0 radical (unpaired) electrons. The highest BCUT2D eigenvalue weighted by atomic mass is 35.5. The molecule has 0 aliphatic carbocycles. The zero-order valence-corrected chi connectivity index (χ0v) is 14.6. The van der Waals surface area contributed by atoms with Gasteiger partial charge >= 0.3 is 5.97 Å². The molecule has 1 N–H and O–H groups in total. The Labute approximate surface area is 144 Å². The third-order valence-corrected chi connectivity index (χ3v) is 2.65. The van der Waals surface area contributed by atoms with Gasteiger partial charge in [0.2, 0.25) is 5.91 Å². The minimum atomic E-state index is -0.875. The van der Waals surface area contributed by atoms with Gasteiger partial charge in [-0.05, 0) is 41.1 Å². The molecule has 0 unspecified atom stereocenters. The highest BCUT2D eigenvalue weighted by Gasteiger charge is 2.20. The molecule has 8 nitrogen and oxygen atoms in total. The fourth-order valence-electron chi connectivity index (χ4n) is 1.56. The standard InChI is InChI=1S/C15H18ClN5O3/c1-8(7-9(22)21-15(2,3)4)24-14(23)10-12(17-5)20-13(18-6)11(16)19-10/h7H,5-6H2,1-4H3,(H,21,22)/b8-7+. The average Bonchev–Trinajstić information content (AvgIpc) is 2.44. The quantitative estimate of drug-likeness (QED) is 0.380. The molecule has 0 bridgehead atoms. The summed E-state index contributed by atoms with van der Waals surface area (Å²) in [5.41, 5.74) is -0.656. The zero-order valence-electron chi connectivity index (χ0n) is 13.9. The highest BCUT2D eigenvalue weighted by molar-refractivity contribution is 6.31. The molecule has 9 heteroatoms. The fraction of sp³-hybridized carbons (Fsp3) is 0.333. The van der Waals surface area contributed by atoms with Crippen LogP contribution in [0, 0.1) is 0 Å². The van der Waals surface area contributed by atoms with Gasteiger partial charge in [0, 0.05) is 11.6 Å². The zero-order chi connectivity index (χ0) is 18.5. The van der Waals surface area contributed by atoms with E-state index in [1.54, 1.807) is 0 Å². The molecular weight excluding hydrogens is 334 g/mol. The summed E-state index contributed by atoms with van der Waals surface area (Å²) in [5.74, 6) is -1.28. The molecule has 1 heterocycles. The lowest BCUT2D eigenvalue weighted by molar-refractivity contribution is -0.117. The van der Waals surface area contributed by atoms with Crippen molar-refractivity contribution >= 4 is 48.5 Å². The lowest BCUT2D eigenvalue weighted by atomic mass is 10.1. The largest absolute Gasteiger partial charge is 0.426 e. The summed E-state index contributed by atoms with van der Waals surface area (Å²) >= 11 is 5.84. The molecule has 1 aromatic heterocycles. The lowest BCUT2D eigenvalue weighted by Crippen LogP contribution is -2.39. The van der Waals surface area contributed by atoms with E-state index in [4.69, 9.17) is 16.3 Å². The Morgan fingerprint density at radius 1 is 1.21 bits per heavy atom. The van der Waals surface area contributed by atoms with E-state index >= 15 is 0 Å². The molecule has 0 saturated heterocycles. The van der Waals surface area contributed by atoms with Crippen LogP contribution in [0.4, 0.5) is 11.6 Å². The SMILES string of the molecule is C=Nc1nc(N=C)c(C(=O)O/C(C)=C/C(=O)NC(C)(C)C)nc1Cl. The first-order chi connectivity index (χ1) is 11.1. The van der Waals surface area contributed by atoms with Crippen LogP contribution in [0.25, 0.3) is 0 Å². The summed E-state index contributed by atoms with van der Waals surface area (Å²) in [6.45, 7) is 13.5. The van der Waals surface area contributed by atoms with E-state index < -0.39 is 17.4 Å². The van der Waals surface area contributed by atoms with Crippen molar-refractivity contribution in [3.8, 4) is 0 Å². The molecule has 0 aliphatic heterocycles. The van der Waals surface area contributed by atoms with Crippen LogP contribution >= 0.6 is 11.6 Å². The number of carbonyl (C=O) groups excluding carboxylic acids is 2. The molecule has 1 rings (SSSR count). The van der Waals surface area contributed by atoms with Crippen molar-refractivity contribution < 1.29 is 14.3 Å². The summed E-state index contributed by atoms with van der Waals surface area (Å²) in [5, 5.41) is 2.58. The molecule has 0 aliphatic rings. The van der Waals surface area contributed by atoms with Gasteiger partial charge in [-0.1, -0.05) is 11.6 Å². The van der Waals surface area contributed by atoms with Gasteiger partial charge in [0.1, 0.15) is 5.76 Å². The number of hydrogen-bond donors (Lipinski definition) is 1. The first-order valence-corrected chi connectivity index (χ1v) is 7.18. The number of allylic oxidation sites excluding steroid dienone is 1. The maximum Gasteiger partial charge on any atom is 0.366 e. The van der Waals surface area contributed by atoms with Gasteiger partial charge in [-0.2, -0.15) is 0 Å². The minimum Gasteiger partial charge on any atom is -0.426 e. The molecule has 24 heavy (non-hydrogen) atoms. The van der Waals surface area contributed by atoms with Crippen molar-refractivity contribution in [2.24, 2.45) is 9.98 Å². The summed E-state index contributed by atoms with van der Waals surface area (Å²) < 4.78 is 5.06. The van der Waals surface area contributed by atoms with E-state index in [0.717, 1.165) is 6.08 Å². The van der Waals surface area contributed by atoms with Gasteiger partial charge in [-0.25, -0.2) is 24.7 Å². The average molecular weight is 352 g/mol. The third-order valence-electron chi connectivity index (χ3n) is 2.40. The molecule has 1 amide bonds. The Bertz CT molecular complexity index is 723. The van der Waals surface area contributed by atoms with Gasteiger partial charge in [0.15, 0.2) is 22.5 Å². The molecule has 0 saturated carbocycles. The molecule has 0 fully saturated rings. The van der Waals surface area contributed by atoms with Crippen molar-refractivity contribution in [1.29, 1.82) is 0 Å². The topological polar surface area (TPSA) is 106 Å². The molecular formula is C15H18ClN5O3. The normalized spacial score (nSPS) is 11.6. The van der Waals surface area contributed by atoms with Crippen LogP contribution in [0.15, 0.2) is 21.8 Å². The van der Waals surface area contributed by atoms with Crippen LogP contribution in [0.1, 0.15) is 38.2 Å². The number of esters is 1. The molecule has 0 atom stereocenters. The fourth-order valence-corrected chi connectivity index (χ4v) is 1.75. The smallest absolute Gasteiger partial charge is 0.366 e. The van der Waals surface area contributed by atoms with Gasteiger partial charge in [0.05, 0.1) is 0 Å². The van der Waals surface area contributed by atoms with Gasteiger partial charge in [0.25, 0.3) is 0 Å². The number of ether oxygens (including phenoxy) is 1. The van der Waals surface area contributed by atoms with E-state index in [2.05, 4.69) is 38.7 Å². The maximum atomic E-state index is 12.2. The number of nitrogens with one attached hydrogen (secondary N) is 1. The van der Waals surface area contributed by atoms with Gasteiger partial charge < -0.3 is 10.1 Å². The summed E-state index contributed by atoms with van der Waals surface area (Å²) in [4.78, 5) is 38.8. The van der Waals surface area contributed by atoms with Crippen LogP contribution in [-0.2, 0) is 9.53 Å². The second kappa shape index (κ2) is 7.78. The Balaban J connectivity index is 2.99. The number of halogens is 1. The predicted octanol–water partition coefficient (Wildman–Crippen LogP) is 2.77. The van der Waals surface area contributed by atoms with E-state index in [1.807, 2.05) is 20.8 Å². The number of nitrogens with zero attached hydrogens (tertiary/aromatic N) is 4. The number of aromatic nitrogens is 2. The molecule has 0 aromatic carbocycles. The number of hydrogen-bond acceptors (Lipinski definition) is 7. The van der Waals surface area contributed by atoms with Crippen molar-refractivity contribution in [2.75, 3.05) is 0 Å². The minimum absolute atomic E-state index is 0.0208. The Kier molecular flexibility index (Phi) is 6.30. The van der Waals surface area contributed by atoms with E-state index in [-0.39, 0.29) is 28.2 Å². The van der Waals surface area contributed by atoms with Crippen molar-refractivity contribution in [3.63, 3.8) is 0 Å². The maximum absolute atomic E-state index is 12.2. The van der Waals surface area contributed by atoms with Gasteiger partial charge in [-0.3, -0.25) is 4.79 Å². The van der Waals surface area contributed by atoms with Gasteiger partial charge in [-0.15, -0.1) is 0 Å².